The van der Waals surface area contributed by atoms with Crippen LogP contribution in [0.1, 0.15) is 65.2 Å². The quantitative estimate of drug-likeness (QED) is 0.144. The van der Waals surface area contributed by atoms with E-state index in [0.29, 0.717) is 0 Å². The number of nitrogens with one attached hydrogen (secondary N) is 2. The third-order valence-electron chi connectivity index (χ3n) is 4.75. The Morgan fingerprint density at radius 3 is 2.45 bits per heavy atom. The summed E-state index contributed by atoms with van der Waals surface area (Å²) in [5, 5.41) is 0. The molecular formula is C14H24I2N2O2. The molecule has 20 heavy (non-hydrogen) atoms. The van der Waals surface area contributed by atoms with Crippen molar-refractivity contribution in [2.45, 2.75) is 77.9 Å². The molecule has 2 N–H and O–H groups in total. The van der Waals surface area contributed by atoms with Gasteiger partial charge in [-0.3, -0.25) is 0 Å². The van der Waals surface area contributed by atoms with Gasteiger partial charge in [-0.15, -0.1) is 0 Å². The van der Waals surface area contributed by atoms with Crippen LogP contribution in [0.5, 0.6) is 0 Å². The maximum absolute atomic E-state index is 12.7. The van der Waals surface area contributed by atoms with Crippen molar-refractivity contribution in [1.82, 2.24) is 7.06 Å². The Hall–Kier alpha value is 0.850. The van der Waals surface area contributed by atoms with Crippen LogP contribution in [0.3, 0.4) is 0 Å². The summed E-state index contributed by atoms with van der Waals surface area (Å²) in [7, 11) is 0. The van der Waals surface area contributed by atoms with Crippen LogP contribution < -0.4 is 7.06 Å². The second kappa shape index (κ2) is 5.49. The molecule has 6 heteroatoms. The van der Waals surface area contributed by atoms with Gasteiger partial charge in [-0.25, -0.2) is 0 Å². The summed E-state index contributed by atoms with van der Waals surface area (Å²) >= 11 is 1.18. The van der Waals surface area contributed by atoms with Gasteiger partial charge in [0.15, 0.2) is 0 Å². The van der Waals surface area contributed by atoms with E-state index in [-0.39, 0.29) is 15.2 Å². The van der Waals surface area contributed by atoms with E-state index < -0.39 is 23.8 Å². The Morgan fingerprint density at radius 2 is 1.95 bits per heavy atom. The fourth-order valence-corrected chi connectivity index (χ4v) is 10.9. The van der Waals surface area contributed by atoms with Crippen molar-refractivity contribution in [2.75, 3.05) is 0 Å². The Bertz CT molecular complexity index is 402. The third-order valence-corrected chi connectivity index (χ3v) is 11.9. The molecule has 2 aliphatic heterocycles. The molecule has 3 aliphatic rings. The molecule has 1 aliphatic carbocycles. The average Bonchev–Trinajstić information content (AvgIpc) is 3.26. The summed E-state index contributed by atoms with van der Waals surface area (Å²) in [6.07, 6.45) is 9.18. The molecule has 0 aromatic heterocycles. The first-order valence-corrected chi connectivity index (χ1v) is 12.0. The van der Waals surface area contributed by atoms with E-state index in [0.717, 1.165) is 25.7 Å². The molecule has 2 heterocycles. The van der Waals surface area contributed by atoms with Crippen molar-refractivity contribution in [3.63, 3.8) is 0 Å². The predicted octanol–water partition coefficient (Wildman–Crippen LogP) is 3.81. The minimum atomic E-state index is -1.11. The molecule has 3 fully saturated rings. The second-order valence-corrected chi connectivity index (χ2v) is 12.8. The van der Waals surface area contributed by atoms with E-state index in [2.05, 4.69) is 36.6 Å². The van der Waals surface area contributed by atoms with E-state index >= 15 is 0 Å². The van der Waals surface area contributed by atoms with Crippen LogP contribution in [-0.4, -0.2) is 18.7 Å². The van der Waals surface area contributed by atoms with E-state index in [9.17, 15) is 4.79 Å². The van der Waals surface area contributed by atoms with Gasteiger partial charge in [0.25, 0.3) is 0 Å². The van der Waals surface area contributed by atoms with Gasteiger partial charge >= 0.3 is 143 Å². The van der Waals surface area contributed by atoms with Gasteiger partial charge in [0.2, 0.25) is 0 Å². The van der Waals surface area contributed by atoms with Crippen LogP contribution >= 0.6 is 43.0 Å². The number of halogens is 2. The Morgan fingerprint density at radius 1 is 1.35 bits per heavy atom. The number of esters is 1. The summed E-state index contributed by atoms with van der Waals surface area (Å²) in [4.78, 5) is 12.7. The number of rotatable bonds is 6. The van der Waals surface area contributed by atoms with Crippen LogP contribution in [0, 0.1) is 0 Å². The number of hydrogen-bond donors (Lipinski definition) is 2. The molecule has 0 bridgehead atoms. The predicted molar refractivity (Wildman–Crippen MR) is 96.9 cm³/mol. The summed E-state index contributed by atoms with van der Waals surface area (Å²) in [6, 6.07) is 0. The fourth-order valence-electron chi connectivity index (χ4n) is 3.11. The van der Waals surface area contributed by atoms with Gasteiger partial charge in [-0.2, -0.15) is 0 Å². The Kier molecular flexibility index (Phi) is 4.32. The van der Waals surface area contributed by atoms with E-state index in [1.807, 2.05) is 6.92 Å². The molecule has 0 radical (unpaired) electrons. The minimum absolute atomic E-state index is 0.00611. The van der Waals surface area contributed by atoms with Crippen molar-refractivity contribution < 1.29 is 9.53 Å². The zero-order chi connectivity index (χ0) is 14.4. The van der Waals surface area contributed by atoms with Crippen LogP contribution in [0.2, 0.25) is 0 Å². The van der Waals surface area contributed by atoms with Crippen molar-refractivity contribution in [3.05, 3.63) is 0 Å². The molecule has 0 spiro atoms. The molecule has 0 amide bonds. The molecule has 4 nitrogen and oxygen atoms in total. The van der Waals surface area contributed by atoms with Gasteiger partial charge in [0.05, 0.1) is 0 Å². The Balaban J connectivity index is 1.67. The number of unbranched alkanes of at least 4 members (excludes halogenated alkanes) is 1. The zero-order valence-electron chi connectivity index (χ0n) is 12.2. The van der Waals surface area contributed by atoms with E-state index in [1.54, 1.807) is 0 Å². The first-order valence-electron chi connectivity index (χ1n) is 7.64. The summed E-state index contributed by atoms with van der Waals surface area (Å²) < 4.78 is 12.6. The van der Waals surface area contributed by atoms with Crippen LogP contribution in [0.25, 0.3) is 0 Å². The number of fused-ring (bicyclic) bond motifs is 1. The van der Waals surface area contributed by atoms with Crippen molar-refractivity contribution >= 4 is 48.9 Å². The summed E-state index contributed by atoms with van der Waals surface area (Å²) in [6.45, 7) is 4.23. The van der Waals surface area contributed by atoms with Crippen molar-refractivity contribution in [2.24, 2.45) is 0 Å². The topological polar surface area (TPSA) is 70.2 Å². The molecular weight excluding hydrogens is 482 g/mol. The fraction of sp³-hybridized carbons (Fsp3) is 0.929. The number of carbonyl (C=O) groups excluding carboxylic acids is 1. The molecule has 116 valence electrons. The molecule has 1 saturated carbocycles. The number of alkyl halides is 2. The molecule has 1 unspecified atom stereocenters. The summed E-state index contributed by atoms with van der Waals surface area (Å²) in [5.74, 6) is -0.00611. The van der Waals surface area contributed by atoms with Crippen LogP contribution in [0.4, 0.5) is 0 Å². The van der Waals surface area contributed by atoms with Gasteiger partial charge in [0.1, 0.15) is 0 Å². The molecule has 0 aromatic carbocycles. The normalized spacial score (nSPS) is 30.1. The second-order valence-electron chi connectivity index (χ2n) is 6.37. The molecule has 2 saturated heterocycles. The van der Waals surface area contributed by atoms with Gasteiger partial charge in [0, 0.05) is 0 Å². The summed E-state index contributed by atoms with van der Waals surface area (Å²) in [5.41, 5.74) is -0.169. The first-order chi connectivity index (χ1) is 9.46. The van der Waals surface area contributed by atoms with Crippen LogP contribution in [-0.2, 0) is 9.53 Å². The van der Waals surface area contributed by atoms with Gasteiger partial charge in [-0.05, 0) is 0 Å². The van der Waals surface area contributed by atoms with Crippen molar-refractivity contribution in [3.8, 4) is 0 Å². The van der Waals surface area contributed by atoms with E-state index in [1.165, 1.54) is 25.7 Å². The van der Waals surface area contributed by atoms with Gasteiger partial charge < -0.3 is 0 Å². The zero-order valence-corrected chi connectivity index (χ0v) is 16.5. The standard InChI is InChI=1S/C14H24I2N2O2/c1-3-4-8-13(9-6-5-7-10-13)20-11(19)12(2,15)14-16(17-14)18-14/h17-18H,3-10H2,1-2H3. The van der Waals surface area contributed by atoms with Crippen molar-refractivity contribution in [1.29, 1.82) is 0 Å². The SMILES string of the molecule is CCCCC1(OC(=O)C(C)(I)C23NI2N3)CCCCC1. The molecule has 0 aromatic rings. The number of hydrogen-bond acceptors (Lipinski definition) is 4. The monoisotopic (exact) mass is 506 g/mol. The Labute approximate surface area is 142 Å². The molecule has 3 rings (SSSR count). The average molecular weight is 506 g/mol. The van der Waals surface area contributed by atoms with E-state index in [4.69, 9.17) is 4.74 Å². The number of ether oxygens (including phenoxy) is 1. The number of carbonyl (C=O) groups is 1. The maximum atomic E-state index is 12.7. The first kappa shape index (κ1) is 15.7. The van der Waals surface area contributed by atoms with Gasteiger partial charge in [-0.1, -0.05) is 0 Å². The third kappa shape index (κ3) is 2.62. The van der Waals surface area contributed by atoms with Crippen LogP contribution in [0.15, 0.2) is 0 Å². The molecule has 1 atom stereocenters.